The molecule has 0 amide bonds. The molecule has 0 saturated heterocycles. The minimum absolute atomic E-state index is 0.116. The summed E-state index contributed by atoms with van der Waals surface area (Å²) < 4.78 is 7.33. The predicted molar refractivity (Wildman–Crippen MR) is 76.6 cm³/mol. The molecule has 3 aromatic heterocycles. The van der Waals surface area contributed by atoms with Gasteiger partial charge in [-0.2, -0.15) is 19.6 Å². The van der Waals surface area contributed by atoms with Gasteiger partial charge in [0.05, 0.1) is 6.20 Å². The lowest BCUT2D eigenvalue weighted by Gasteiger charge is -2.20. The van der Waals surface area contributed by atoms with Gasteiger partial charge in [0.15, 0.2) is 11.4 Å². The van der Waals surface area contributed by atoms with Crippen LogP contribution in [0.3, 0.4) is 0 Å². The van der Waals surface area contributed by atoms with Gasteiger partial charge in [0.25, 0.3) is 0 Å². The highest BCUT2D eigenvalue weighted by Crippen LogP contribution is 2.22. The summed E-state index contributed by atoms with van der Waals surface area (Å²) in [5.74, 6) is 2.72. The van der Waals surface area contributed by atoms with Crippen molar-refractivity contribution in [1.82, 2.24) is 19.6 Å². The molecule has 0 unspecified atom stereocenters. The van der Waals surface area contributed by atoms with Crippen LogP contribution in [0.15, 0.2) is 28.8 Å². The Labute approximate surface area is 116 Å². The second kappa shape index (κ2) is 4.33. The van der Waals surface area contributed by atoms with Crippen LogP contribution in [-0.4, -0.2) is 25.1 Å². The lowest BCUT2D eigenvalue weighted by molar-refractivity contribution is 0.541. The minimum Gasteiger partial charge on any atom is -0.458 e. The fraction of sp³-hybridized carbons (Fsp3) is 0.357. The van der Waals surface area contributed by atoms with Gasteiger partial charge in [-0.1, -0.05) is 0 Å². The first-order chi connectivity index (χ1) is 9.42. The molecule has 0 radical (unpaired) electrons. The normalized spacial score (nSPS) is 12.0. The van der Waals surface area contributed by atoms with E-state index in [9.17, 15) is 0 Å². The van der Waals surface area contributed by atoms with Gasteiger partial charge in [-0.15, -0.1) is 0 Å². The molecular formula is C14H17N5O. The molecule has 3 heterocycles. The number of anilines is 1. The van der Waals surface area contributed by atoms with Crippen molar-refractivity contribution in [3.8, 4) is 11.6 Å². The average molecular weight is 271 g/mol. The summed E-state index contributed by atoms with van der Waals surface area (Å²) in [6.45, 7) is 8.09. The first kappa shape index (κ1) is 12.7. The second-order valence-electron chi connectivity index (χ2n) is 5.76. The molecule has 0 aliphatic carbocycles. The third-order valence-corrected chi connectivity index (χ3v) is 2.70. The van der Waals surface area contributed by atoms with Crippen molar-refractivity contribution in [2.24, 2.45) is 0 Å². The molecule has 1 N–H and O–H groups in total. The van der Waals surface area contributed by atoms with Crippen LogP contribution in [0.25, 0.3) is 17.2 Å². The maximum Gasteiger partial charge on any atom is 0.227 e. The number of nitrogens with zero attached hydrogens (tertiary/aromatic N) is 4. The standard InChI is InChI=1S/C14H17N5O/c1-9-5-6-10(20-9)12-17-13(18-14(2,3)4)16-11-7-8-15-19(11)12/h5-8H,1-4H3,(H,16,18). The fourth-order valence-corrected chi connectivity index (χ4v) is 1.93. The van der Waals surface area contributed by atoms with Gasteiger partial charge in [-0.05, 0) is 39.8 Å². The molecule has 20 heavy (non-hydrogen) atoms. The lowest BCUT2D eigenvalue weighted by Crippen LogP contribution is -2.27. The lowest BCUT2D eigenvalue weighted by atomic mass is 10.1. The topological polar surface area (TPSA) is 68.2 Å². The smallest absolute Gasteiger partial charge is 0.227 e. The van der Waals surface area contributed by atoms with Crippen LogP contribution in [0, 0.1) is 6.92 Å². The highest BCUT2D eigenvalue weighted by Gasteiger charge is 2.16. The fourth-order valence-electron chi connectivity index (χ4n) is 1.93. The van der Waals surface area contributed by atoms with Crippen LogP contribution >= 0.6 is 0 Å². The highest BCUT2D eigenvalue weighted by atomic mass is 16.3. The van der Waals surface area contributed by atoms with E-state index < -0.39 is 0 Å². The Morgan fingerprint density at radius 3 is 2.60 bits per heavy atom. The highest BCUT2D eigenvalue weighted by molar-refractivity contribution is 5.56. The number of rotatable bonds is 2. The quantitative estimate of drug-likeness (QED) is 0.776. The van der Waals surface area contributed by atoms with Crippen LogP contribution < -0.4 is 5.32 Å². The number of nitrogens with one attached hydrogen (secondary N) is 1. The van der Waals surface area contributed by atoms with Crippen LogP contribution in [0.5, 0.6) is 0 Å². The van der Waals surface area contributed by atoms with Gasteiger partial charge in [-0.3, -0.25) is 0 Å². The Balaban J connectivity index is 2.16. The maximum atomic E-state index is 5.65. The summed E-state index contributed by atoms with van der Waals surface area (Å²) in [5, 5.41) is 7.52. The van der Waals surface area contributed by atoms with Crippen LogP contribution in [0.2, 0.25) is 0 Å². The summed E-state index contributed by atoms with van der Waals surface area (Å²) in [6.07, 6.45) is 1.70. The van der Waals surface area contributed by atoms with Crippen molar-refractivity contribution in [3.05, 3.63) is 30.2 Å². The van der Waals surface area contributed by atoms with E-state index in [0.717, 1.165) is 11.4 Å². The second-order valence-corrected chi connectivity index (χ2v) is 5.76. The zero-order valence-corrected chi connectivity index (χ0v) is 12.0. The van der Waals surface area contributed by atoms with Gasteiger partial charge >= 0.3 is 0 Å². The first-order valence-electron chi connectivity index (χ1n) is 6.49. The van der Waals surface area contributed by atoms with Gasteiger partial charge in [0, 0.05) is 11.6 Å². The third kappa shape index (κ3) is 2.36. The number of furan rings is 1. The van der Waals surface area contributed by atoms with Crippen molar-refractivity contribution in [3.63, 3.8) is 0 Å². The molecule has 6 heteroatoms. The van der Waals surface area contributed by atoms with Gasteiger partial charge in [0.2, 0.25) is 11.8 Å². The summed E-state index contributed by atoms with van der Waals surface area (Å²) in [4.78, 5) is 8.98. The summed E-state index contributed by atoms with van der Waals surface area (Å²) in [6, 6.07) is 5.64. The zero-order chi connectivity index (χ0) is 14.3. The Morgan fingerprint density at radius 2 is 1.95 bits per heavy atom. The molecule has 104 valence electrons. The van der Waals surface area contributed by atoms with Crippen molar-refractivity contribution < 1.29 is 4.42 Å². The molecule has 0 bridgehead atoms. The number of fused-ring (bicyclic) bond motifs is 1. The molecule has 0 saturated carbocycles. The predicted octanol–water partition coefficient (Wildman–Crippen LogP) is 2.90. The molecule has 0 aliphatic rings. The first-order valence-corrected chi connectivity index (χ1v) is 6.49. The van der Waals surface area contributed by atoms with Crippen LogP contribution in [0.1, 0.15) is 26.5 Å². The summed E-state index contributed by atoms with van der Waals surface area (Å²) >= 11 is 0. The summed E-state index contributed by atoms with van der Waals surface area (Å²) in [7, 11) is 0. The molecular weight excluding hydrogens is 254 g/mol. The average Bonchev–Trinajstić information content (AvgIpc) is 2.94. The number of aromatic nitrogens is 4. The number of aryl methyl sites for hydroxylation is 1. The van der Waals surface area contributed by atoms with Crippen LogP contribution in [-0.2, 0) is 0 Å². The van der Waals surface area contributed by atoms with E-state index in [4.69, 9.17) is 4.42 Å². The Morgan fingerprint density at radius 1 is 1.15 bits per heavy atom. The van der Waals surface area contributed by atoms with E-state index >= 15 is 0 Å². The number of hydrogen-bond acceptors (Lipinski definition) is 5. The van der Waals surface area contributed by atoms with Gasteiger partial charge in [0.1, 0.15) is 5.76 Å². The van der Waals surface area contributed by atoms with E-state index in [0.29, 0.717) is 17.5 Å². The molecule has 6 nitrogen and oxygen atoms in total. The summed E-state index contributed by atoms with van der Waals surface area (Å²) in [5.41, 5.74) is 0.616. The Kier molecular flexibility index (Phi) is 2.74. The molecule has 0 aromatic carbocycles. The van der Waals surface area contributed by atoms with Crippen molar-refractivity contribution in [2.75, 3.05) is 5.32 Å². The minimum atomic E-state index is -0.116. The zero-order valence-electron chi connectivity index (χ0n) is 12.0. The monoisotopic (exact) mass is 271 g/mol. The van der Waals surface area contributed by atoms with Crippen molar-refractivity contribution in [1.29, 1.82) is 0 Å². The largest absolute Gasteiger partial charge is 0.458 e. The van der Waals surface area contributed by atoms with Gasteiger partial charge < -0.3 is 9.73 Å². The van der Waals surface area contributed by atoms with E-state index in [1.807, 2.05) is 25.1 Å². The SMILES string of the molecule is Cc1ccc(-c2nc(NC(C)(C)C)nc3ccnn23)o1. The van der Waals surface area contributed by atoms with E-state index in [2.05, 4.69) is 41.2 Å². The maximum absolute atomic E-state index is 5.65. The molecule has 3 aromatic rings. The number of hydrogen-bond donors (Lipinski definition) is 1. The molecule has 3 rings (SSSR count). The van der Waals surface area contributed by atoms with E-state index in [1.54, 1.807) is 10.7 Å². The molecule has 0 aliphatic heterocycles. The van der Waals surface area contributed by atoms with Crippen molar-refractivity contribution >= 4 is 11.6 Å². The Hall–Kier alpha value is -2.37. The van der Waals surface area contributed by atoms with Crippen LogP contribution in [0.4, 0.5) is 5.95 Å². The van der Waals surface area contributed by atoms with Gasteiger partial charge in [-0.25, -0.2) is 0 Å². The van der Waals surface area contributed by atoms with E-state index in [-0.39, 0.29) is 5.54 Å². The van der Waals surface area contributed by atoms with E-state index in [1.165, 1.54) is 0 Å². The Bertz CT molecular complexity index is 750. The third-order valence-electron chi connectivity index (χ3n) is 2.70. The molecule has 0 fully saturated rings. The van der Waals surface area contributed by atoms with Crippen molar-refractivity contribution in [2.45, 2.75) is 33.2 Å². The molecule has 0 spiro atoms. The molecule has 0 atom stereocenters.